The summed E-state index contributed by atoms with van der Waals surface area (Å²) in [6, 6.07) is 3.80. The third kappa shape index (κ3) is 7.56. The lowest BCUT2D eigenvalue weighted by Gasteiger charge is -2.18. The van der Waals surface area contributed by atoms with Gasteiger partial charge in [0, 0.05) is 18.2 Å². The number of hydrogen-bond acceptors (Lipinski definition) is 6. The van der Waals surface area contributed by atoms with E-state index in [2.05, 4.69) is 0 Å². The Morgan fingerprint density at radius 3 is 0.926 bits per heavy atom. The van der Waals surface area contributed by atoms with Crippen LogP contribution in [0.2, 0.25) is 0 Å². The third-order valence-corrected chi connectivity index (χ3v) is 3.40. The topological polar surface area (TPSA) is 78.9 Å². The Labute approximate surface area is 173 Å². The fourth-order valence-electron chi connectivity index (χ4n) is 1.41. The van der Waals surface area contributed by atoms with Crippen molar-refractivity contribution >= 4 is 52.7 Å². The minimum atomic E-state index is -1.29. The lowest BCUT2D eigenvalue weighted by atomic mass is 10.2. The van der Waals surface area contributed by atoms with Crippen molar-refractivity contribution in [3.63, 3.8) is 0 Å². The predicted octanol–water partition coefficient (Wildman–Crippen LogP) is 4.46. The number of benzene rings is 1. The molecule has 0 spiro atoms. The molecule has 0 N–H and O–H groups in total. The lowest BCUT2D eigenvalue weighted by molar-refractivity contribution is -0.136. The second-order valence-electron chi connectivity index (χ2n) is 7.23. The van der Waals surface area contributed by atoms with E-state index in [0.717, 1.165) is 0 Å². The molecule has 1 rings (SSSR count). The molecule has 1 aromatic carbocycles. The van der Waals surface area contributed by atoms with Crippen molar-refractivity contribution in [2.24, 2.45) is 0 Å². The molecular weight excluding hydrogens is 419 g/mol. The van der Waals surface area contributed by atoms with E-state index >= 15 is 0 Å². The minimum absolute atomic E-state index is 0.0402. The Kier molecular flexibility index (Phi) is 7.19. The van der Waals surface area contributed by atoms with Gasteiger partial charge in [-0.1, -0.05) is 0 Å². The maximum Gasteiger partial charge on any atom is 0.332 e. The molecule has 0 fully saturated rings. The summed E-state index contributed by atoms with van der Waals surface area (Å²) in [7, 11) is 0. The van der Waals surface area contributed by atoms with Gasteiger partial charge in [0.25, 0.3) is 0 Å². The fraction of sp³-hybridized carbons (Fsp3) is 0.500. The molecule has 150 valence electrons. The smallest absolute Gasteiger partial charge is 0.332 e. The van der Waals surface area contributed by atoms with E-state index in [1.807, 2.05) is 0 Å². The minimum Gasteiger partial charge on any atom is -0.425 e. The molecule has 0 saturated carbocycles. The maximum absolute atomic E-state index is 12.0. The number of carbonyl (C=O) groups excluding carboxylic acids is 3. The zero-order valence-corrected chi connectivity index (χ0v) is 18.1. The molecule has 0 atom stereocenters. The van der Waals surface area contributed by atoms with E-state index < -0.39 is 32.5 Å². The molecule has 9 heteroatoms. The number of halogens is 3. The SMILES string of the molecule is CC(C)(Cl)C(=O)Oc1cc(OC(=O)C(C)(C)Cl)cc(OC(=O)C(C)(C)Cl)c1. The van der Waals surface area contributed by atoms with Crippen LogP contribution >= 0.6 is 34.8 Å². The summed E-state index contributed by atoms with van der Waals surface area (Å²) >= 11 is 17.8. The van der Waals surface area contributed by atoms with Gasteiger partial charge in [0.2, 0.25) is 0 Å². The number of hydrogen-bond donors (Lipinski definition) is 0. The monoisotopic (exact) mass is 438 g/mol. The van der Waals surface area contributed by atoms with Gasteiger partial charge in [-0.15, -0.1) is 34.8 Å². The molecule has 0 aliphatic heterocycles. The highest BCUT2D eigenvalue weighted by molar-refractivity contribution is 6.34. The predicted molar refractivity (Wildman–Crippen MR) is 103 cm³/mol. The van der Waals surface area contributed by atoms with Gasteiger partial charge < -0.3 is 14.2 Å². The number of rotatable bonds is 6. The molecule has 0 amide bonds. The van der Waals surface area contributed by atoms with Gasteiger partial charge >= 0.3 is 17.9 Å². The van der Waals surface area contributed by atoms with Crippen molar-refractivity contribution in [1.29, 1.82) is 0 Å². The molecule has 0 aliphatic rings. The van der Waals surface area contributed by atoms with Crippen molar-refractivity contribution in [1.82, 2.24) is 0 Å². The van der Waals surface area contributed by atoms with Crippen LogP contribution in [-0.4, -0.2) is 32.5 Å². The highest BCUT2D eigenvalue weighted by Crippen LogP contribution is 2.31. The van der Waals surface area contributed by atoms with E-state index in [9.17, 15) is 14.4 Å². The first-order valence-electron chi connectivity index (χ1n) is 7.89. The van der Waals surface area contributed by atoms with E-state index in [-0.39, 0.29) is 17.2 Å². The van der Waals surface area contributed by atoms with Crippen molar-refractivity contribution < 1.29 is 28.6 Å². The Morgan fingerprint density at radius 1 is 0.593 bits per heavy atom. The van der Waals surface area contributed by atoms with Crippen LogP contribution in [-0.2, 0) is 14.4 Å². The average molecular weight is 440 g/mol. The van der Waals surface area contributed by atoms with Gasteiger partial charge in [-0.05, 0) is 41.5 Å². The Balaban J connectivity index is 3.24. The van der Waals surface area contributed by atoms with Crippen LogP contribution in [0.4, 0.5) is 0 Å². The third-order valence-electron chi connectivity index (χ3n) is 2.94. The standard InChI is InChI=1S/C18H21Cl3O6/c1-16(2,19)13(22)25-10-7-11(26-14(23)17(3,4)20)9-12(8-10)27-15(24)18(5,6)21/h7-9H,1-6H3. The van der Waals surface area contributed by atoms with Gasteiger partial charge in [0.05, 0.1) is 0 Å². The Hall–Kier alpha value is -1.50. The maximum atomic E-state index is 12.0. The highest BCUT2D eigenvalue weighted by Gasteiger charge is 2.30. The normalized spacial score (nSPS) is 12.3. The zero-order valence-electron chi connectivity index (χ0n) is 15.8. The van der Waals surface area contributed by atoms with Crippen LogP contribution in [0.25, 0.3) is 0 Å². The molecule has 0 unspecified atom stereocenters. The molecule has 6 nitrogen and oxygen atoms in total. The first-order valence-corrected chi connectivity index (χ1v) is 9.02. The quantitative estimate of drug-likeness (QED) is 0.370. The van der Waals surface area contributed by atoms with Crippen molar-refractivity contribution in [2.45, 2.75) is 56.2 Å². The second kappa shape index (κ2) is 8.25. The van der Waals surface area contributed by atoms with Crippen LogP contribution in [0.15, 0.2) is 18.2 Å². The first-order chi connectivity index (χ1) is 12.0. The first kappa shape index (κ1) is 23.5. The number of carbonyl (C=O) groups is 3. The van der Waals surface area contributed by atoms with Crippen molar-refractivity contribution in [3.05, 3.63) is 18.2 Å². The molecule has 0 heterocycles. The lowest BCUT2D eigenvalue weighted by Crippen LogP contribution is -2.31. The van der Waals surface area contributed by atoms with Gasteiger partial charge in [0.15, 0.2) is 0 Å². The van der Waals surface area contributed by atoms with Gasteiger partial charge in [0.1, 0.15) is 31.9 Å². The summed E-state index contributed by atoms with van der Waals surface area (Å²) in [5.41, 5.74) is 0. The molecule has 0 aromatic heterocycles. The second-order valence-corrected chi connectivity index (χ2v) is 10.1. The Bertz CT molecular complexity index is 627. The summed E-state index contributed by atoms with van der Waals surface area (Å²) in [4.78, 5) is 32.1. The van der Waals surface area contributed by atoms with E-state index in [1.165, 1.54) is 59.7 Å². The average Bonchev–Trinajstić information content (AvgIpc) is 2.43. The Morgan fingerprint density at radius 2 is 0.778 bits per heavy atom. The summed E-state index contributed by atoms with van der Waals surface area (Å²) in [6.45, 7) is 8.71. The number of alkyl halides is 3. The van der Waals surface area contributed by atoms with Gasteiger partial charge in [-0.2, -0.15) is 0 Å². The highest BCUT2D eigenvalue weighted by atomic mass is 35.5. The van der Waals surface area contributed by atoms with Crippen LogP contribution in [0, 0.1) is 0 Å². The summed E-state index contributed by atoms with van der Waals surface area (Å²) in [5.74, 6) is -2.37. The molecule has 0 radical (unpaired) electrons. The zero-order chi connectivity index (χ0) is 21.2. The van der Waals surface area contributed by atoms with Crippen LogP contribution < -0.4 is 14.2 Å². The molecular formula is C18H21Cl3O6. The van der Waals surface area contributed by atoms with E-state index in [0.29, 0.717) is 0 Å². The van der Waals surface area contributed by atoms with Crippen molar-refractivity contribution in [2.75, 3.05) is 0 Å². The van der Waals surface area contributed by atoms with Gasteiger partial charge in [-0.3, -0.25) is 0 Å². The van der Waals surface area contributed by atoms with E-state index in [4.69, 9.17) is 49.0 Å². The molecule has 0 saturated heterocycles. The largest absolute Gasteiger partial charge is 0.425 e. The summed E-state index contributed by atoms with van der Waals surface area (Å²) < 4.78 is 15.5. The van der Waals surface area contributed by atoms with Crippen LogP contribution in [0.1, 0.15) is 41.5 Å². The molecule has 1 aromatic rings. The summed E-state index contributed by atoms with van der Waals surface area (Å²) in [5, 5.41) is 0. The van der Waals surface area contributed by atoms with E-state index in [1.54, 1.807) is 0 Å². The van der Waals surface area contributed by atoms with Gasteiger partial charge in [-0.25, -0.2) is 14.4 Å². The van der Waals surface area contributed by atoms with Crippen molar-refractivity contribution in [3.8, 4) is 17.2 Å². The number of esters is 3. The molecule has 0 bridgehead atoms. The van der Waals surface area contributed by atoms with Crippen LogP contribution in [0.3, 0.4) is 0 Å². The molecule has 27 heavy (non-hydrogen) atoms. The van der Waals surface area contributed by atoms with Crippen LogP contribution in [0.5, 0.6) is 17.2 Å². The summed E-state index contributed by atoms with van der Waals surface area (Å²) in [6.07, 6.45) is 0. The number of ether oxygens (including phenoxy) is 3. The molecule has 0 aliphatic carbocycles. The fourth-order valence-corrected chi connectivity index (χ4v) is 1.52.